The lowest BCUT2D eigenvalue weighted by Gasteiger charge is -2.44. The molecule has 1 aromatic rings. The molecule has 0 bridgehead atoms. The molecule has 7 heteroatoms. The molecule has 186 valence electrons. The first kappa shape index (κ1) is 24.7. The highest BCUT2D eigenvalue weighted by Gasteiger charge is 2.42. The first-order valence-electron chi connectivity index (χ1n) is 12.8. The van der Waals surface area contributed by atoms with Gasteiger partial charge in [0.15, 0.2) is 5.76 Å². The predicted molar refractivity (Wildman–Crippen MR) is 130 cm³/mol. The van der Waals surface area contributed by atoms with Crippen molar-refractivity contribution in [1.29, 1.82) is 0 Å². The summed E-state index contributed by atoms with van der Waals surface area (Å²) in [6.45, 7) is 8.49. The van der Waals surface area contributed by atoms with Crippen molar-refractivity contribution in [2.24, 2.45) is 11.8 Å². The maximum atomic E-state index is 13.6. The van der Waals surface area contributed by atoms with E-state index in [0.29, 0.717) is 12.1 Å². The Bertz CT molecular complexity index is 895. The van der Waals surface area contributed by atoms with Crippen LogP contribution in [0.15, 0.2) is 30.0 Å². The van der Waals surface area contributed by atoms with Gasteiger partial charge in [-0.2, -0.15) is 0 Å². The Labute approximate surface area is 202 Å². The molecule has 0 radical (unpaired) electrons. The minimum atomic E-state index is -0.363. The molecule has 6 nitrogen and oxygen atoms in total. The van der Waals surface area contributed by atoms with Gasteiger partial charge in [0.2, 0.25) is 5.91 Å². The standard InChI is InChI=1S/C27H38FN3O3/c1-19-13-20(2)17-30(16-19)12-6-11-29-26(32)18-31-23-9-3-4-10-24(23)34-25(27(31)33)15-21-7-5-8-22(28)14-21/h5,7-8,14-15,19-20,23-24H,3-4,6,9-13,16-18H2,1-2H3,(H,29,32)/b25-15+. The fourth-order valence-corrected chi connectivity index (χ4v) is 5.83. The molecule has 3 fully saturated rings. The van der Waals surface area contributed by atoms with E-state index in [9.17, 15) is 14.0 Å². The fraction of sp³-hybridized carbons (Fsp3) is 0.630. The number of fused-ring (bicyclic) bond motifs is 1. The number of carbonyl (C=O) groups is 2. The lowest BCUT2D eigenvalue weighted by atomic mass is 9.89. The second kappa shape index (κ2) is 11.3. The van der Waals surface area contributed by atoms with E-state index in [-0.39, 0.29) is 42.1 Å². The molecule has 0 spiro atoms. The molecular weight excluding hydrogens is 433 g/mol. The quantitative estimate of drug-likeness (QED) is 0.485. The van der Waals surface area contributed by atoms with Crippen LogP contribution in [0.3, 0.4) is 0 Å². The van der Waals surface area contributed by atoms with Crippen LogP contribution in [0.5, 0.6) is 0 Å². The first-order valence-corrected chi connectivity index (χ1v) is 12.8. The van der Waals surface area contributed by atoms with Gasteiger partial charge in [-0.15, -0.1) is 0 Å². The normalized spacial score (nSPS) is 29.0. The molecule has 2 saturated heterocycles. The number of nitrogens with one attached hydrogen (secondary N) is 1. The number of morpholine rings is 1. The summed E-state index contributed by atoms with van der Waals surface area (Å²) < 4.78 is 19.7. The highest BCUT2D eigenvalue weighted by Crippen LogP contribution is 2.33. The zero-order valence-corrected chi connectivity index (χ0v) is 20.5. The highest BCUT2D eigenvalue weighted by atomic mass is 19.1. The second-order valence-corrected chi connectivity index (χ2v) is 10.4. The van der Waals surface area contributed by atoms with Crippen LogP contribution in [0.2, 0.25) is 0 Å². The highest BCUT2D eigenvalue weighted by molar-refractivity contribution is 5.98. The van der Waals surface area contributed by atoms with Crippen LogP contribution in [0.4, 0.5) is 4.39 Å². The van der Waals surface area contributed by atoms with E-state index in [0.717, 1.165) is 63.6 Å². The Morgan fingerprint density at radius 2 is 1.97 bits per heavy atom. The summed E-state index contributed by atoms with van der Waals surface area (Å²) in [6, 6.07) is 5.99. The van der Waals surface area contributed by atoms with Gasteiger partial charge in [-0.25, -0.2) is 4.39 Å². The molecule has 1 N–H and O–H groups in total. The van der Waals surface area contributed by atoms with E-state index in [1.807, 2.05) is 0 Å². The minimum absolute atomic E-state index is 0.0294. The summed E-state index contributed by atoms with van der Waals surface area (Å²) in [4.78, 5) is 30.2. The average Bonchev–Trinajstić information content (AvgIpc) is 2.79. The van der Waals surface area contributed by atoms with Crippen molar-refractivity contribution in [3.8, 4) is 0 Å². The van der Waals surface area contributed by atoms with Crippen molar-refractivity contribution >= 4 is 17.9 Å². The third-order valence-corrected chi connectivity index (χ3v) is 7.20. The number of ether oxygens (including phenoxy) is 1. The van der Waals surface area contributed by atoms with Crippen LogP contribution in [0.1, 0.15) is 57.9 Å². The zero-order valence-electron chi connectivity index (χ0n) is 20.5. The van der Waals surface area contributed by atoms with E-state index in [4.69, 9.17) is 4.74 Å². The molecule has 4 unspecified atom stereocenters. The molecule has 1 saturated carbocycles. The summed E-state index contributed by atoms with van der Waals surface area (Å²) in [6.07, 6.45) is 7.40. The number of benzene rings is 1. The lowest BCUT2D eigenvalue weighted by molar-refractivity contribution is -0.151. The topological polar surface area (TPSA) is 61.9 Å². The average molecular weight is 472 g/mol. The van der Waals surface area contributed by atoms with E-state index < -0.39 is 0 Å². The summed E-state index contributed by atoms with van der Waals surface area (Å²) in [7, 11) is 0. The van der Waals surface area contributed by atoms with Crippen LogP contribution < -0.4 is 5.32 Å². The van der Waals surface area contributed by atoms with Gasteiger partial charge < -0.3 is 19.9 Å². The fourth-order valence-electron chi connectivity index (χ4n) is 5.83. The van der Waals surface area contributed by atoms with E-state index in [1.54, 1.807) is 23.1 Å². The Kier molecular flexibility index (Phi) is 8.24. The predicted octanol–water partition coefficient (Wildman–Crippen LogP) is 3.82. The van der Waals surface area contributed by atoms with Crippen LogP contribution in [-0.4, -0.2) is 66.5 Å². The zero-order chi connectivity index (χ0) is 24.1. The number of hydrogen-bond donors (Lipinski definition) is 1. The molecule has 1 aromatic carbocycles. The Hall–Kier alpha value is -2.41. The largest absolute Gasteiger partial charge is 0.482 e. The molecule has 4 rings (SSSR count). The monoisotopic (exact) mass is 471 g/mol. The third-order valence-electron chi connectivity index (χ3n) is 7.20. The summed E-state index contributed by atoms with van der Waals surface area (Å²) in [5, 5.41) is 3.01. The van der Waals surface area contributed by atoms with Crippen molar-refractivity contribution in [2.75, 3.05) is 32.7 Å². The number of hydrogen-bond acceptors (Lipinski definition) is 4. The van der Waals surface area contributed by atoms with Crippen molar-refractivity contribution in [3.63, 3.8) is 0 Å². The van der Waals surface area contributed by atoms with E-state index in [1.165, 1.54) is 18.6 Å². The number of rotatable bonds is 7. The number of likely N-dealkylation sites (tertiary alicyclic amines) is 1. The SMILES string of the molecule is CC1CC(C)CN(CCCNC(=O)CN2C(=O)/C(=C\c3cccc(F)c3)OC3CCCCC32)C1. The van der Waals surface area contributed by atoms with E-state index in [2.05, 4.69) is 24.1 Å². The molecule has 3 aliphatic rings. The molecular formula is C27H38FN3O3. The first-order chi connectivity index (χ1) is 16.4. The number of halogens is 1. The minimum Gasteiger partial charge on any atom is -0.482 e. The van der Waals surface area contributed by atoms with Gasteiger partial charge in [0.1, 0.15) is 18.5 Å². The molecule has 34 heavy (non-hydrogen) atoms. The Morgan fingerprint density at radius 3 is 2.74 bits per heavy atom. The molecule has 2 heterocycles. The van der Waals surface area contributed by atoms with Crippen LogP contribution in [0.25, 0.3) is 6.08 Å². The molecule has 2 aliphatic heterocycles. The van der Waals surface area contributed by atoms with Gasteiger partial charge in [0.05, 0.1) is 6.04 Å². The van der Waals surface area contributed by atoms with Gasteiger partial charge in [-0.1, -0.05) is 32.4 Å². The maximum Gasteiger partial charge on any atom is 0.289 e. The second-order valence-electron chi connectivity index (χ2n) is 10.4. The summed E-state index contributed by atoms with van der Waals surface area (Å²) in [5.74, 6) is 0.851. The van der Waals surface area contributed by atoms with Gasteiger partial charge in [-0.3, -0.25) is 9.59 Å². The van der Waals surface area contributed by atoms with Crippen molar-refractivity contribution in [2.45, 2.75) is 64.5 Å². The Morgan fingerprint density at radius 1 is 1.21 bits per heavy atom. The maximum absolute atomic E-state index is 13.6. The lowest BCUT2D eigenvalue weighted by Crippen LogP contribution is -2.57. The van der Waals surface area contributed by atoms with Crippen molar-refractivity contribution in [1.82, 2.24) is 15.1 Å². The number of amides is 2. The third kappa shape index (κ3) is 6.38. The van der Waals surface area contributed by atoms with Gasteiger partial charge >= 0.3 is 0 Å². The van der Waals surface area contributed by atoms with Gasteiger partial charge in [0.25, 0.3) is 5.91 Å². The number of piperidine rings is 1. The van der Waals surface area contributed by atoms with Gasteiger partial charge in [0, 0.05) is 19.6 Å². The number of nitrogens with zero attached hydrogens (tertiary/aromatic N) is 2. The molecule has 4 atom stereocenters. The van der Waals surface area contributed by atoms with Gasteiger partial charge in [-0.05, 0) is 74.3 Å². The van der Waals surface area contributed by atoms with Crippen molar-refractivity contribution < 1.29 is 18.7 Å². The molecule has 0 aromatic heterocycles. The molecule has 1 aliphatic carbocycles. The summed E-state index contributed by atoms with van der Waals surface area (Å²) >= 11 is 0. The number of carbonyl (C=O) groups excluding carboxylic acids is 2. The van der Waals surface area contributed by atoms with Crippen LogP contribution >= 0.6 is 0 Å². The van der Waals surface area contributed by atoms with Crippen LogP contribution in [0, 0.1) is 17.7 Å². The Balaban J connectivity index is 1.34. The smallest absolute Gasteiger partial charge is 0.289 e. The molecule has 2 amide bonds. The van der Waals surface area contributed by atoms with E-state index >= 15 is 0 Å². The van der Waals surface area contributed by atoms with Crippen molar-refractivity contribution in [3.05, 3.63) is 41.4 Å². The van der Waals surface area contributed by atoms with Crippen LogP contribution in [-0.2, 0) is 14.3 Å². The summed E-state index contributed by atoms with van der Waals surface area (Å²) in [5.41, 5.74) is 0.573.